The lowest BCUT2D eigenvalue weighted by Gasteiger charge is -2.18. The minimum Gasteiger partial charge on any atom is -0.337 e. The summed E-state index contributed by atoms with van der Waals surface area (Å²) in [7, 11) is -0.210. The molecule has 0 aromatic heterocycles. The van der Waals surface area contributed by atoms with Gasteiger partial charge in [0.2, 0.25) is 0 Å². The minimum atomic E-state index is -0.525. The molecule has 3 heteroatoms. The molecule has 0 spiro atoms. The van der Waals surface area contributed by atoms with Crippen LogP contribution in [0.5, 0.6) is 0 Å². The highest BCUT2D eigenvalue weighted by atomic mass is 28.3. The van der Waals surface area contributed by atoms with Crippen molar-refractivity contribution < 1.29 is 0 Å². The molecule has 74 valence electrons. The predicted molar refractivity (Wildman–Crippen MR) is 64.5 cm³/mol. The Kier molecular flexibility index (Phi) is 8.28. The summed E-state index contributed by atoms with van der Waals surface area (Å²) in [4.78, 5) is 3.78. The average Bonchev–Trinajstić information content (AvgIpc) is 2.00. The van der Waals surface area contributed by atoms with Crippen LogP contribution < -0.4 is 4.98 Å². The Balaban J connectivity index is 3.54. The van der Waals surface area contributed by atoms with Gasteiger partial charge in [0.25, 0.3) is 0 Å². The van der Waals surface area contributed by atoms with Crippen molar-refractivity contribution in [3.05, 3.63) is 0 Å². The van der Waals surface area contributed by atoms with Crippen LogP contribution in [-0.4, -0.2) is 24.5 Å². The van der Waals surface area contributed by atoms with Crippen molar-refractivity contribution in [1.82, 2.24) is 4.98 Å². The second kappa shape index (κ2) is 8.01. The van der Waals surface area contributed by atoms with E-state index in [9.17, 15) is 0 Å². The average molecular weight is 203 g/mol. The van der Waals surface area contributed by atoms with Gasteiger partial charge in [-0.15, -0.1) is 0 Å². The topological polar surface area (TPSA) is 12.0 Å². The SMILES string of the molecule is CCC[SiH](CC[SiH2]C)NC(C)C. The molecule has 12 heavy (non-hydrogen) atoms. The smallest absolute Gasteiger partial charge is 0.108 e. The van der Waals surface area contributed by atoms with Gasteiger partial charge in [0.05, 0.1) is 0 Å². The minimum absolute atomic E-state index is 0.315. The van der Waals surface area contributed by atoms with E-state index in [2.05, 4.69) is 32.3 Å². The Morgan fingerprint density at radius 3 is 2.42 bits per heavy atom. The zero-order valence-corrected chi connectivity index (χ0v) is 11.8. The second-order valence-electron chi connectivity index (χ2n) is 3.95. The lowest BCUT2D eigenvalue weighted by Crippen LogP contribution is -2.38. The van der Waals surface area contributed by atoms with E-state index in [4.69, 9.17) is 0 Å². The number of rotatable bonds is 7. The maximum atomic E-state index is 3.78. The molecule has 0 radical (unpaired) electrons. The van der Waals surface area contributed by atoms with Gasteiger partial charge in [0, 0.05) is 9.52 Å². The summed E-state index contributed by atoms with van der Waals surface area (Å²) in [6.45, 7) is 9.29. The highest BCUT2D eigenvalue weighted by Gasteiger charge is 2.09. The first kappa shape index (κ1) is 12.4. The molecular weight excluding hydrogens is 178 g/mol. The summed E-state index contributed by atoms with van der Waals surface area (Å²) in [5.74, 6) is 0. The Hall–Kier alpha value is 0.394. The Labute approximate surface area is 81.8 Å². The molecule has 0 heterocycles. The lowest BCUT2D eigenvalue weighted by molar-refractivity contribution is 0.733. The van der Waals surface area contributed by atoms with E-state index in [1.807, 2.05) is 0 Å². The van der Waals surface area contributed by atoms with E-state index in [1.54, 1.807) is 12.1 Å². The quantitative estimate of drug-likeness (QED) is 0.622. The van der Waals surface area contributed by atoms with Gasteiger partial charge in [-0.3, -0.25) is 0 Å². The third kappa shape index (κ3) is 7.07. The molecular formula is C9H25NSi2. The monoisotopic (exact) mass is 203 g/mol. The number of hydrogen-bond donors (Lipinski definition) is 1. The first-order chi connectivity index (χ1) is 5.70. The van der Waals surface area contributed by atoms with Gasteiger partial charge in [-0.2, -0.15) is 0 Å². The van der Waals surface area contributed by atoms with Crippen molar-refractivity contribution >= 4 is 18.5 Å². The van der Waals surface area contributed by atoms with Crippen molar-refractivity contribution in [3.63, 3.8) is 0 Å². The molecule has 0 aliphatic carbocycles. The summed E-state index contributed by atoms with van der Waals surface area (Å²) >= 11 is 0. The van der Waals surface area contributed by atoms with Crippen molar-refractivity contribution in [1.29, 1.82) is 0 Å². The van der Waals surface area contributed by atoms with Crippen molar-refractivity contribution in [2.45, 2.75) is 57.9 Å². The largest absolute Gasteiger partial charge is 0.337 e. The molecule has 0 fully saturated rings. The van der Waals surface area contributed by atoms with Crippen LogP contribution in [0.2, 0.25) is 24.7 Å². The molecule has 0 aliphatic heterocycles. The summed E-state index contributed by atoms with van der Waals surface area (Å²) < 4.78 is 0. The van der Waals surface area contributed by atoms with Gasteiger partial charge < -0.3 is 4.98 Å². The van der Waals surface area contributed by atoms with Crippen LogP contribution in [0.1, 0.15) is 27.2 Å². The summed E-state index contributed by atoms with van der Waals surface area (Å²) in [6, 6.07) is 5.32. The van der Waals surface area contributed by atoms with E-state index < -0.39 is 8.96 Å². The molecule has 0 aliphatic rings. The fourth-order valence-corrected chi connectivity index (χ4v) is 7.45. The Bertz CT molecular complexity index is 96.5. The molecule has 0 aromatic carbocycles. The molecule has 0 aromatic rings. The summed E-state index contributed by atoms with van der Waals surface area (Å²) in [6.07, 6.45) is 1.38. The molecule has 1 N–H and O–H groups in total. The van der Waals surface area contributed by atoms with Crippen molar-refractivity contribution in [3.8, 4) is 0 Å². The van der Waals surface area contributed by atoms with Crippen molar-refractivity contribution in [2.75, 3.05) is 0 Å². The highest BCUT2D eigenvalue weighted by Crippen LogP contribution is 2.04. The number of nitrogens with one attached hydrogen (secondary N) is 1. The second-order valence-corrected chi connectivity index (χ2v) is 8.54. The van der Waals surface area contributed by atoms with Gasteiger partial charge in [0.1, 0.15) is 8.96 Å². The van der Waals surface area contributed by atoms with Gasteiger partial charge in [-0.1, -0.05) is 39.8 Å². The van der Waals surface area contributed by atoms with E-state index in [1.165, 1.54) is 12.5 Å². The standard InChI is InChI=1S/C9H25NSi2/c1-5-7-12(8-6-11-4)10-9(2)3/h9-10,12H,5-8,11H2,1-4H3. The summed E-state index contributed by atoms with van der Waals surface area (Å²) in [5, 5.41) is 0. The molecule has 0 amide bonds. The van der Waals surface area contributed by atoms with E-state index in [0.717, 1.165) is 0 Å². The fourth-order valence-electron chi connectivity index (χ4n) is 1.58. The zero-order valence-electron chi connectivity index (χ0n) is 9.19. The third-order valence-electron chi connectivity index (χ3n) is 2.11. The maximum Gasteiger partial charge on any atom is 0.108 e. The van der Waals surface area contributed by atoms with Gasteiger partial charge in [-0.05, 0) is 18.1 Å². The summed E-state index contributed by atoms with van der Waals surface area (Å²) in [5.41, 5.74) is 0. The normalized spacial score (nSPS) is 14.8. The van der Waals surface area contributed by atoms with Crippen LogP contribution >= 0.6 is 0 Å². The van der Waals surface area contributed by atoms with Crippen LogP contribution in [0.15, 0.2) is 0 Å². The zero-order chi connectivity index (χ0) is 9.40. The van der Waals surface area contributed by atoms with Gasteiger partial charge >= 0.3 is 0 Å². The molecule has 0 bridgehead atoms. The van der Waals surface area contributed by atoms with Crippen LogP contribution in [-0.2, 0) is 0 Å². The van der Waals surface area contributed by atoms with Crippen LogP contribution in [0.3, 0.4) is 0 Å². The Morgan fingerprint density at radius 2 is 2.00 bits per heavy atom. The Morgan fingerprint density at radius 1 is 1.33 bits per heavy atom. The first-order valence-electron chi connectivity index (χ1n) is 5.46. The maximum absolute atomic E-state index is 3.78. The van der Waals surface area contributed by atoms with Crippen molar-refractivity contribution in [2.24, 2.45) is 0 Å². The lowest BCUT2D eigenvalue weighted by atomic mass is 10.4. The third-order valence-corrected chi connectivity index (χ3v) is 7.56. The van der Waals surface area contributed by atoms with Crippen LogP contribution in [0, 0.1) is 0 Å². The van der Waals surface area contributed by atoms with E-state index >= 15 is 0 Å². The van der Waals surface area contributed by atoms with Crippen LogP contribution in [0.4, 0.5) is 0 Å². The van der Waals surface area contributed by atoms with Crippen LogP contribution in [0.25, 0.3) is 0 Å². The molecule has 1 atom stereocenters. The number of hydrogen-bond acceptors (Lipinski definition) is 1. The predicted octanol–water partition coefficient (Wildman–Crippen LogP) is 1.75. The molecule has 0 saturated carbocycles. The van der Waals surface area contributed by atoms with E-state index in [0.29, 0.717) is 15.6 Å². The molecule has 1 nitrogen and oxygen atoms in total. The molecule has 0 rings (SSSR count). The first-order valence-corrected chi connectivity index (χ1v) is 10.1. The fraction of sp³-hybridized carbons (Fsp3) is 1.00. The van der Waals surface area contributed by atoms with Gasteiger partial charge in [-0.25, -0.2) is 0 Å². The molecule has 0 saturated heterocycles. The van der Waals surface area contributed by atoms with Gasteiger partial charge in [0.15, 0.2) is 0 Å². The van der Waals surface area contributed by atoms with E-state index in [-0.39, 0.29) is 0 Å². The molecule has 1 unspecified atom stereocenters. The highest BCUT2D eigenvalue weighted by molar-refractivity contribution is 6.57.